The average molecular weight is 472 g/mol. The SMILES string of the molecule is O=S(=O)(NCc1ccc(Cl)c(Nc2nc3cc(N4CCCC4)ccc3[nH]2)c1)c1ccco1. The minimum Gasteiger partial charge on any atom is -0.452 e. The zero-order valence-electron chi connectivity index (χ0n) is 17.1. The fourth-order valence-electron chi connectivity index (χ4n) is 3.80. The van der Waals surface area contributed by atoms with Crippen LogP contribution in [0.5, 0.6) is 0 Å². The monoisotopic (exact) mass is 471 g/mol. The molecule has 0 spiro atoms. The molecule has 166 valence electrons. The zero-order chi connectivity index (χ0) is 22.1. The van der Waals surface area contributed by atoms with Crippen LogP contribution in [0.2, 0.25) is 5.02 Å². The van der Waals surface area contributed by atoms with E-state index < -0.39 is 10.0 Å². The van der Waals surface area contributed by atoms with Gasteiger partial charge >= 0.3 is 0 Å². The second kappa shape index (κ2) is 8.50. The molecule has 1 fully saturated rings. The molecule has 32 heavy (non-hydrogen) atoms. The highest BCUT2D eigenvalue weighted by Crippen LogP contribution is 2.29. The summed E-state index contributed by atoms with van der Waals surface area (Å²) in [5.74, 6) is 0.564. The van der Waals surface area contributed by atoms with Crippen LogP contribution in [0.4, 0.5) is 17.3 Å². The van der Waals surface area contributed by atoms with Crippen molar-refractivity contribution in [2.75, 3.05) is 23.3 Å². The van der Waals surface area contributed by atoms with Crippen LogP contribution in [0, 0.1) is 0 Å². The summed E-state index contributed by atoms with van der Waals surface area (Å²) in [5.41, 5.74) is 4.33. The number of furan rings is 1. The van der Waals surface area contributed by atoms with Gasteiger partial charge in [0, 0.05) is 25.3 Å². The Bertz CT molecular complexity index is 1350. The van der Waals surface area contributed by atoms with Crippen LogP contribution in [0.1, 0.15) is 18.4 Å². The molecule has 3 heterocycles. The van der Waals surface area contributed by atoms with Gasteiger partial charge in [0.1, 0.15) is 0 Å². The Morgan fingerprint density at radius 2 is 1.97 bits per heavy atom. The van der Waals surface area contributed by atoms with Gasteiger partial charge in [0.05, 0.1) is 28.0 Å². The second-order valence-corrected chi connectivity index (χ2v) is 9.78. The number of anilines is 3. The molecule has 2 aromatic carbocycles. The molecule has 8 nitrogen and oxygen atoms in total. The number of aromatic amines is 1. The number of benzene rings is 2. The van der Waals surface area contributed by atoms with E-state index in [0.29, 0.717) is 16.7 Å². The van der Waals surface area contributed by atoms with Crippen molar-refractivity contribution in [3.8, 4) is 0 Å². The number of nitrogens with zero attached hydrogens (tertiary/aromatic N) is 2. The van der Waals surface area contributed by atoms with Crippen LogP contribution >= 0.6 is 11.6 Å². The first-order valence-electron chi connectivity index (χ1n) is 10.3. The van der Waals surface area contributed by atoms with Gasteiger partial charge in [-0.2, -0.15) is 0 Å². The Hall–Kier alpha value is -3.01. The lowest BCUT2D eigenvalue weighted by Crippen LogP contribution is -2.22. The molecule has 0 saturated carbocycles. The van der Waals surface area contributed by atoms with Crippen molar-refractivity contribution < 1.29 is 12.8 Å². The molecule has 1 saturated heterocycles. The third-order valence-corrected chi connectivity index (χ3v) is 7.06. The summed E-state index contributed by atoms with van der Waals surface area (Å²) < 4.78 is 32.0. The Morgan fingerprint density at radius 1 is 1.12 bits per heavy atom. The first-order valence-corrected chi connectivity index (χ1v) is 12.2. The standard InChI is InChI=1S/C22H22ClN5O3S/c23-17-7-5-15(14-24-32(29,30)21-4-3-11-31-21)12-19(17)26-22-25-18-8-6-16(13-20(18)27-22)28-9-1-2-10-28/h3-8,11-13,24H,1-2,9-10,14H2,(H2,25,26,27). The highest BCUT2D eigenvalue weighted by molar-refractivity contribution is 7.89. The van der Waals surface area contributed by atoms with Crippen molar-refractivity contribution in [1.29, 1.82) is 0 Å². The van der Waals surface area contributed by atoms with Crippen molar-refractivity contribution in [2.24, 2.45) is 0 Å². The van der Waals surface area contributed by atoms with Crippen LogP contribution in [0.3, 0.4) is 0 Å². The molecular weight excluding hydrogens is 450 g/mol. The molecule has 0 aliphatic carbocycles. The van der Waals surface area contributed by atoms with Crippen molar-refractivity contribution in [3.05, 3.63) is 65.4 Å². The summed E-state index contributed by atoms with van der Waals surface area (Å²) in [5, 5.41) is 3.58. The number of imidazole rings is 1. The molecule has 0 bridgehead atoms. The minimum absolute atomic E-state index is 0.0915. The molecular formula is C22H22ClN5O3S. The normalized spacial score (nSPS) is 14.3. The first-order chi connectivity index (χ1) is 15.5. The van der Waals surface area contributed by atoms with Crippen LogP contribution in [0.15, 0.2) is 64.3 Å². The Labute approximate surface area is 190 Å². The number of halogens is 1. The number of hydrogen-bond donors (Lipinski definition) is 3. The molecule has 4 aromatic rings. The quantitative estimate of drug-likeness (QED) is 0.363. The molecule has 2 aromatic heterocycles. The number of nitrogens with one attached hydrogen (secondary N) is 3. The Balaban J connectivity index is 1.33. The van der Waals surface area contributed by atoms with Gasteiger partial charge in [-0.25, -0.2) is 18.1 Å². The van der Waals surface area contributed by atoms with E-state index in [1.807, 2.05) is 6.07 Å². The van der Waals surface area contributed by atoms with Gasteiger partial charge in [0.2, 0.25) is 11.0 Å². The maximum Gasteiger partial charge on any atom is 0.274 e. The van der Waals surface area contributed by atoms with Gasteiger partial charge in [-0.3, -0.25) is 0 Å². The molecule has 1 aliphatic heterocycles. The second-order valence-electron chi connectivity index (χ2n) is 7.68. The zero-order valence-corrected chi connectivity index (χ0v) is 18.7. The number of H-pyrrole nitrogens is 1. The van der Waals surface area contributed by atoms with Crippen molar-refractivity contribution in [3.63, 3.8) is 0 Å². The minimum atomic E-state index is -3.72. The molecule has 10 heteroatoms. The predicted octanol–water partition coefficient (Wildman–Crippen LogP) is 4.63. The Morgan fingerprint density at radius 3 is 2.75 bits per heavy atom. The lowest BCUT2D eigenvalue weighted by molar-refractivity contribution is 0.445. The molecule has 0 radical (unpaired) electrons. The fourth-order valence-corrected chi connectivity index (χ4v) is 4.90. The van der Waals surface area contributed by atoms with Crippen molar-refractivity contribution in [1.82, 2.24) is 14.7 Å². The van der Waals surface area contributed by atoms with Gasteiger partial charge in [0.25, 0.3) is 10.0 Å². The Kier molecular flexibility index (Phi) is 5.54. The van der Waals surface area contributed by atoms with E-state index in [4.69, 9.17) is 16.0 Å². The van der Waals surface area contributed by atoms with Gasteiger partial charge in [-0.1, -0.05) is 17.7 Å². The molecule has 5 rings (SSSR count). The maximum absolute atomic E-state index is 12.3. The number of sulfonamides is 1. The summed E-state index contributed by atoms with van der Waals surface area (Å²) >= 11 is 6.36. The molecule has 0 unspecified atom stereocenters. The third kappa shape index (κ3) is 4.32. The number of rotatable bonds is 7. The highest BCUT2D eigenvalue weighted by atomic mass is 35.5. The van der Waals surface area contributed by atoms with Crippen LogP contribution in [-0.2, 0) is 16.6 Å². The van der Waals surface area contributed by atoms with Gasteiger partial charge in [0.15, 0.2) is 0 Å². The molecule has 1 aliphatic rings. The summed E-state index contributed by atoms with van der Waals surface area (Å²) in [4.78, 5) is 10.3. The predicted molar refractivity (Wildman–Crippen MR) is 125 cm³/mol. The van der Waals surface area contributed by atoms with E-state index in [0.717, 1.165) is 29.7 Å². The van der Waals surface area contributed by atoms with Gasteiger partial charge in [-0.15, -0.1) is 0 Å². The lowest BCUT2D eigenvalue weighted by Gasteiger charge is -2.16. The van der Waals surface area contributed by atoms with Crippen LogP contribution in [0.25, 0.3) is 11.0 Å². The molecule has 3 N–H and O–H groups in total. The van der Waals surface area contributed by atoms with E-state index in [1.165, 1.54) is 36.9 Å². The molecule has 0 atom stereocenters. The van der Waals surface area contributed by atoms with E-state index >= 15 is 0 Å². The van der Waals surface area contributed by atoms with Gasteiger partial charge < -0.3 is 19.6 Å². The topological polar surface area (TPSA) is 103 Å². The van der Waals surface area contributed by atoms with Crippen molar-refractivity contribution in [2.45, 2.75) is 24.5 Å². The average Bonchev–Trinajstić information content (AvgIpc) is 3.55. The van der Waals surface area contributed by atoms with Gasteiger partial charge in [-0.05, 0) is 60.9 Å². The van der Waals surface area contributed by atoms with Crippen molar-refractivity contribution >= 4 is 50.0 Å². The van der Waals surface area contributed by atoms with E-state index in [1.54, 1.807) is 18.2 Å². The van der Waals surface area contributed by atoms with E-state index in [2.05, 4.69) is 37.0 Å². The van der Waals surface area contributed by atoms with E-state index in [9.17, 15) is 8.42 Å². The summed E-state index contributed by atoms with van der Waals surface area (Å²) in [6.45, 7) is 2.24. The smallest absolute Gasteiger partial charge is 0.274 e. The lowest BCUT2D eigenvalue weighted by atomic mass is 10.2. The maximum atomic E-state index is 12.3. The number of aromatic nitrogens is 2. The first kappa shape index (κ1) is 20.9. The molecule has 0 amide bonds. The fraction of sp³-hybridized carbons (Fsp3) is 0.227. The number of fused-ring (bicyclic) bond motifs is 1. The van der Waals surface area contributed by atoms with E-state index in [-0.39, 0.29) is 11.6 Å². The highest BCUT2D eigenvalue weighted by Gasteiger charge is 2.17. The third-order valence-electron chi connectivity index (χ3n) is 5.45. The summed E-state index contributed by atoms with van der Waals surface area (Å²) in [6.07, 6.45) is 3.76. The van der Waals surface area contributed by atoms with Crippen LogP contribution < -0.4 is 14.9 Å². The summed E-state index contributed by atoms with van der Waals surface area (Å²) in [6, 6.07) is 14.4. The number of hydrogen-bond acceptors (Lipinski definition) is 6. The van der Waals surface area contributed by atoms with Crippen LogP contribution in [-0.4, -0.2) is 31.5 Å². The largest absolute Gasteiger partial charge is 0.452 e. The summed E-state index contributed by atoms with van der Waals surface area (Å²) in [7, 11) is -3.72.